The van der Waals surface area contributed by atoms with E-state index in [9.17, 15) is 8.42 Å². The molecule has 7 heteroatoms. The fraction of sp³-hybridized carbons (Fsp3) is 0.529. The van der Waals surface area contributed by atoms with Crippen LogP contribution in [-0.4, -0.2) is 50.9 Å². The molecular weight excluding hydrogens is 344 g/mol. The molecule has 1 fully saturated rings. The first kappa shape index (κ1) is 17.8. The minimum atomic E-state index is -3.43. The second kappa shape index (κ2) is 7.49. The standard InChI is InChI=1S/C17H24N2O3S2/c1-18(12-16-10-15-7-3-4-8-17(15)23-16)24(20,21)19-9-5-6-14(11-19)13-22-2/h3-4,7-8,10,14H,5-6,9,11-13H2,1-2H3. The molecule has 1 aromatic carbocycles. The largest absolute Gasteiger partial charge is 0.384 e. The van der Waals surface area contributed by atoms with Gasteiger partial charge in [0.25, 0.3) is 10.2 Å². The van der Waals surface area contributed by atoms with Crippen molar-refractivity contribution in [2.75, 3.05) is 33.9 Å². The lowest BCUT2D eigenvalue weighted by atomic mass is 10.0. The van der Waals surface area contributed by atoms with E-state index in [1.807, 2.05) is 12.1 Å². The van der Waals surface area contributed by atoms with E-state index in [2.05, 4.69) is 18.2 Å². The summed E-state index contributed by atoms with van der Waals surface area (Å²) in [4.78, 5) is 1.06. The van der Waals surface area contributed by atoms with E-state index >= 15 is 0 Å². The van der Waals surface area contributed by atoms with Gasteiger partial charge in [0.1, 0.15) is 0 Å². The van der Waals surface area contributed by atoms with Gasteiger partial charge in [0, 0.05) is 43.4 Å². The first-order valence-corrected chi connectivity index (χ1v) is 10.4. The molecule has 1 aromatic heterocycles. The topological polar surface area (TPSA) is 49.9 Å². The Morgan fingerprint density at radius 2 is 2.17 bits per heavy atom. The van der Waals surface area contributed by atoms with Crippen LogP contribution in [0.15, 0.2) is 30.3 Å². The molecule has 1 saturated heterocycles. The molecule has 0 bridgehead atoms. The van der Waals surface area contributed by atoms with E-state index < -0.39 is 10.2 Å². The maximum atomic E-state index is 12.9. The van der Waals surface area contributed by atoms with Crippen LogP contribution in [0.1, 0.15) is 17.7 Å². The zero-order valence-electron chi connectivity index (χ0n) is 14.1. The van der Waals surface area contributed by atoms with E-state index in [0.29, 0.717) is 26.2 Å². The van der Waals surface area contributed by atoms with Gasteiger partial charge in [-0.05, 0) is 36.3 Å². The number of piperidine rings is 1. The molecule has 1 unspecified atom stereocenters. The summed E-state index contributed by atoms with van der Waals surface area (Å²) in [5, 5.41) is 1.17. The lowest BCUT2D eigenvalue weighted by Gasteiger charge is -2.34. The van der Waals surface area contributed by atoms with E-state index in [0.717, 1.165) is 17.7 Å². The van der Waals surface area contributed by atoms with Crippen LogP contribution in [0, 0.1) is 5.92 Å². The highest BCUT2D eigenvalue weighted by molar-refractivity contribution is 7.86. The number of nitrogens with zero attached hydrogens (tertiary/aromatic N) is 2. The van der Waals surface area contributed by atoms with Gasteiger partial charge in [-0.1, -0.05) is 18.2 Å². The SMILES string of the molecule is COCC1CCCN(S(=O)(=O)N(C)Cc2cc3ccccc3s2)C1. The molecule has 0 spiro atoms. The molecule has 1 aliphatic heterocycles. The molecule has 0 amide bonds. The van der Waals surface area contributed by atoms with Crippen molar-refractivity contribution in [3.8, 4) is 0 Å². The smallest absolute Gasteiger partial charge is 0.282 e. The van der Waals surface area contributed by atoms with Gasteiger partial charge in [0.15, 0.2) is 0 Å². The number of thiophene rings is 1. The van der Waals surface area contributed by atoms with Gasteiger partial charge in [-0.25, -0.2) is 0 Å². The number of fused-ring (bicyclic) bond motifs is 1. The molecule has 1 aliphatic rings. The van der Waals surface area contributed by atoms with Crippen molar-refractivity contribution in [2.45, 2.75) is 19.4 Å². The average molecular weight is 369 g/mol. The Kier molecular flexibility index (Phi) is 5.56. The Morgan fingerprint density at radius 3 is 2.92 bits per heavy atom. The minimum Gasteiger partial charge on any atom is -0.384 e. The Labute approximate surface area is 148 Å². The van der Waals surface area contributed by atoms with Crippen molar-refractivity contribution < 1.29 is 13.2 Å². The fourth-order valence-electron chi connectivity index (χ4n) is 3.22. The molecule has 132 valence electrons. The van der Waals surface area contributed by atoms with Gasteiger partial charge in [-0.15, -0.1) is 11.3 Å². The van der Waals surface area contributed by atoms with Crippen molar-refractivity contribution in [1.29, 1.82) is 0 Å². The van der Waals surface area contributed by atoms with Crippen molar-refractivity contribution in [1.82, 2.24) is 8.61 Å². The van der Waals surface area contributed by atoms with Gasteiger partial charge in [0.2, 0.25) is 0 Å². The zero-order valence-corrected chi connectivity index (χ0v) is 15.8. The van der Waals surface area contributed by atoms with Crippen LogP contribution < -0.4 is 0 Å². The lowest BCUT2D eigenvalue weighted by Crippen LogP contribution is -2.47. The summed E-state index contributed by atoms with van der Waals surface area (Å²) in [6.45, 7) is 2.17. The van der Waals surface area contributed by atoms with Crippen LogP contribution in [-0.2, 0) is 21.5 Å². The first-order chi connectivity index (χ1) is 11.5. The third kappa shape index (κ3) is 3.81. The Balaban J connectivity index is 1.71. The third-order valence-corrected chi connectivity index (χ3v) is 7.46. The van der Waals surface area contributed by atoms with Gasteiger partial charge in [-0.2, -0.15) is 17.0 Å². The van der Waals surface area contributed by atoms with Crippen LogP contribution >= 0.6 is 11.3 Å². The molecular formula is C17H24N2O3S2. The first-order valence-electron chi connectivity index (χ1n) is 8.18. The quantitative estimate of drug-likeness (QED) is 0.788. The molecule has 0 N–H and O–H groups in total. The lowest BCUT2D eigenvalue weighted by molar-refractivity contribution is 0.116. The molecule has 2 heterocycles. The summed E-state index contributed by atoms with van der Waals surface area (Å²) in [5.74, 6) is 0.288. The highest BCUT2D eigenvalue weighted by Gasteiger charge is 2.32. The number of benzene rings is 1. The fourth-order valence-corrected chi connectivity index (χ4v) is 5.88. The summed E-state index contributed by atoms with van der Waals surface area (Å²) in [6, 6.07) is 10.2. The molecule has 0 saturated carbocycles. The zero-order chi connectivity index (χ0) is 17.2. The Bertz CT molecular complexity index is 753. The van der Waals surface area contributed by atoms with Gasteiger partial charge in [-0.3, -0.25) is 0 Å². The molecule has 3 rings (SSSR count). The summed E-state index contributed by atoms with van der Waals surface area (Å²) < 4.78 is 35.2. The number of rotatable bonds is 6. The van der Waals surface area contributed by atoms with Gasteiger partial charge < -0.3 is 4.74 Å². The third-order valence-electron chi connectivity index (χ3n) is 4.46. The average Bonchev–Trinajstić information content (AvgIpc) is 2.97. The molecule has 2 aromatic rings. The molecule has 0 aliphatic carbocycles. The number of hydrogen-bond acceptors (Lipinski definition) is 4. The van der Waals surface area contributed by atoms with Gasteiger partial charge in [0.05, 0.1) is 6.61 Å². The van der Waals surface area contributed by atoms with Crippen molar-refractivity contribution in [3.63, 3.8) is 0 Å². The monoisotopic (exact) mass is 368 g/mol. The van der Waals surface area contributed by atoms with E-state index in [4.69, 9.17) is 4.74 Å². The predicted octanol–water partition coefficient (Wildman–Crippen LogP) is 2.94. The second-order valence-corrected chi connectivity index (χ2v) is 9.54. The number of ether oxygens (including phenoxy) is 1. The van der Waals surface area contributed by atoms with E-state index in [1.54, 1.807) is 29.8 Å². The normalized spacial score (nSPS) is 20.0. The van der Waals surface area contributed by atoms with Crippen LogP contribution in [0.25, 0.3) is 10.1 Å². The van der Waals surface area contributed by atoms with Crippen LogP contribution in [0.5, 0.6) is 0 Å². The summed E-state index contributed by atoms with van der Waals surface area (Å²) in [6.07, 6.45) is 1.92. The van der Waals surface area contributed by atoms with Crippen LogP contribution in [0.3, 0.4) is 0 Å². The molecule has 0 radical (unpaired) electrons. The predicted molar refractivity (Wildman–Crippen MR) is 98.4 cm³/mol. The summed E-state index contributed by atoms with van der Waals surface area (Å²) in [7, 11) is -0.0971. The maximum absolute atomic E-state index is 12.9. The summed E-state index contributed by atoms with van der Waals surface area (Å²) >= 11 is 1.65. The molecule has 24 heavy (non-hydrogen) atoms. The minimum absolute atomic E-state index is 0.288. The van der Waals surface area contributed by atoms with E-state index in [-0.39, 0.29) is 5.92 Å². The van der Waals surface area contributed by atoms with Gasteiger partial charge >= 0.3 is 0 Å². The summed E-state index contributed by atoms with van der Waals surface area (Å²) in [5.41, 5.74) is 0. The van der Waals surface area contributed by atoms with Crippen molar-refractivity contribution >= 4 is 31.6 Å². The second-order valence-electron chi connectivity index (χ2n) is 6.34. The van der Waals surface area contributed by atoms with Crippen LogP contribution in [0.4, 0.5) is 0 Å². The highest BCUT2D eigenvalue weighted by atomic mass is 32.2. The van der Waals surface area contributed by atoms with Crippen LogP contribution in [0.2, 0.25) is 0 Å². The Hall–Kier alpha value is -0.990. The molecule has 1 atom stereocenters. The van der Waals surface area contributed by atoms with E-state index in [1.165, 1.54) is 14.4 Å². The van der Waals surface area contributed by atoms with Crippen molar-refractivity contribution in [3.05, 3.63) is 35.2 Å². The number of hydrogen-bond donors (Lipinski definition) is 0. The number of methoxy groups -OCH3 is 1. The highest BCUT2D eigenvalue weighted by Crippen LogP contribution is 2.28. The Morgan fingerprint density at radius 1 is 1.38 bits per heavy atom. The maximum Gasteiger partial charge on any atom is 0.282 e. The van der Waals surface area contributed by atoms with Crippen molar-refractivity contribution in [2.24, 2.45) is 5.92 Å². The molecule has 5 nitrogen and oxygen atoms in total.